The van der Waals surface area contributed by atoms with Crippen molar-refractivity contribution >= 4 is 23.2 Å². The second-order valence-corrected chi connectivity index (χ2v) is 6.22. The Morgan fingerprint density at radius 1 is 1.21 bits per heavy atom. The molecule has 5 nitrogen and oxygen atoms in total. The second kappa shape index (κ2) is 7.93. The minimum absolute atomic E-state index is 0.0104. The maximum Gasteiger partial charge on any atom is 0.417 e. The van der Waals surface area contributed by atoms with Gasteiger partial charge < -0.3 is 14.6 Å². The molecule has 3 rings (SSSR count). The fourth-order valence-corrected chi connectivity index (χ4v) is 2.65. The van der Waals surface area contributed by atoms with Gasteiger partial charge in [-0.3, -0.25) is 4.79 Å². The van der Waals surface area contributed by atoms with Crippen molar-refractivity contribution in [2.75, 3.05) is 5.32 Å². The first kappa shape index (κ1) is 19.8. The van der Waals surface area contributed by atoms with Gasteiger partial charge in [0.25, 0.3) is 5.91 Å². The first-order valence-corrected chi connectivity index (χ1v) is 8.44. The summed E-state index contributed by atoms with van der Waals surface area (Å²) in [5.74, 6) is 0.231. The number of nitrogens with zero attached hydrogens (tertiary/aromatic N) is 1. The molecule has 0 saturated carbocycles. The number of halogens is 4. The number of aryl methyl sites for hydroxylation is 1. The van der Waals surface area contributed by atoms with Crippen LogP contribution in [0.1, 0.15) is 27.4 Å². The molecule has 0 radical (unpaired) electrons. The first-order valence-electron chi connectivity index (χ1n) is 8.07. The Balaban J connectivity index is 1.79. The number of carbonyl (C=O) groups excluding carboxylic acids is 1. The molecule has 2 aromatic carbocycles. The van der Waals surface area contributed by atoms with Crippen molar-refractivity contribution in [3.05, 3.63) is 76.1 Å². The van der Waals surface area contributed by atoms with Gasteiger partial charge in [0.1, 0.15) is 18.1 Å². The predicted octanol–water partition coefficient (Wildman–Crippen LogP) is 5.49. The van der Waals surface area contributed by atoms with E-state index in [1.54, 1.807) is 31.2 Å². The van der Waals surface area contributed by atoms with Gasteiger partial charge in [0.15, 0.2) is 5.69 Å². The molecule has 0 bridgehead atoms. The number of rotatable bonds is 5. The molecule has 1 amide bonds. The van der Waals surface area contributed by atoms with Crippen molar-refractivity contribution in [3.63, 3.8) is 0 Å². The molecule has 3 aromatic rings. The van der Waals surface area contributed by atoms with Gasteiger partial charge in [-0.25, -0.2) is 0 Å². The predicted molar refractivity (Wildman–Crippen MR) is 96.4 cm³/mol. The Hall–Kier alpha value is -3.00. The summed E-state index contributed by atoms with van der Waals surface area (Å²) in [7, 11) is 0. The standard InChI is InChI=1S/C19H14ClF3N2O3/c1-11-14(10-27-13-5-3-2-4-6-13)17(25-28-11)18(26)24-12-7-8-16(20)15(9-12)19(21,22)23/h2-9H,10H2,1H3,(H,24,26). The number of benzene rings is 2. The van der Waals surface area contributed by atoms with Crippen LogP contribution >= 0.6 is 11.6 Å². The maximum atomic E-state index is 13.0. The van der Waals surface area contributed by atoms with Gasteiger partial charge in [-0.2, -0.15) is 13.2 Å². The quantitative estimate of drug-likeness (QED) is 0.604. The minimum atomic E-state index is -4.64. The summed E-state index contributed by atoms with van der Waals surface area (Å²) < 4.78 is 49.6. The number of nitrogens with one attached hydrogen (secondary N) is 1. The molecule has 1 N–H and O–H groups in total. The van der Waals surface area contributed by atoms with Gasteiger partial charge in [0.2, 0.25) is 0 Å². The third-order valence-corrected chi connectivity index (χ3v) is 4.19. The first-order chi connectivity index (χ1) is 13.3. The number of amides is 1. The van der Waals surface area contributed by atoms with Crippen LogP contribution in [0.5, 0.6) is 5.75 Å². The SMILES string of the molecule is Cc1onc(C(=O)Nc2ccc(Cl)c(C(F)(F)F)c2)c1COc1ccccc1. The number of para-hydroxylation sites is 1. The van der Waals surface area contributed by atoms with E-state index in [1.807, 2.05) is 6.07 Å². The molecule has 0 aliphatic rings. The largest absolute Gasteiger partial charge is 0.489 e. The number of alkyl halides is 3. The zero-order valence-corrected chi connectivity index (χ0v) is 15.3. The highest BCUT2D eigenvalue weighted by atomic mass is 35.5. The van der Waals surface area contributed by atoms with Gasteiger partial charge in [-0.1, -0.05) is 35.0 Å². The van der Waals surface area contributed by atoms with Crippen LogP contribution in [0, 0.1) is 6.92 Å². The Morgan fingerprint density at radius 2 is 1.93 bits per heavy atom. The van der Waals surface area contributed by atoms with Crippen molar-refractivity contribution in [2.45, 2.75) is 19.7 Å². The molecule has 1 heterocycles. The van der Waals surface area contributed by atoms with Crippen LogP contribution < -0.4 is 10.1 Å². The van der Waals surface area contributed by atoms with E-state index < -0.39 is 22.7 Å². The molecular formula is C19H14ClF3N2O3. The highest BCUT2D eigenvalue weighted by Gasteiger charge is 2.33. The lowest BCUT2D eigenvalue weighted by molar-refractivity contribution is -0.137. The highest BCUT2D eigenvalue weighted by molar-refractivity contribution is 6.31. The van der Waals surface area contributed by atoms with Crippen molar-refractivity contribution in [2.24, 2.45) is 0 Å². The van der Waals surface area contributed by atoms with Crippen LogP contribution in [0.15, 0.2) is 53.1 Å². The number of ether oxygens (including phenoxy) is 1. The van der Waals surface area contributed by atoms with Crippen LogP contribution in [-0.4, -0.2) is 11.1 Å². The summed E-state index contributed by atoms with van der Waals surface area (Å²) in [6.45, 7) is 1.62. The molecular weight excluding hydrogens is 397 g/mol. The average Bonchev–Trinajstić information content (AvgIpc) is 3.02. The van der Waals surface area contributed by atoms with E-state index >= 15 is 0 Å². The third-order valence-electron chi connectivity index (χ3n) is 3.86. The molecule has 0 spiro atoms. The maximum absolute atomic E-state index is 13.0. The zero-order valence-electron chi connectivity index (χ0n) is 14.5. The molecule has 0 atom stereocenters. The monoisotopic (exact) mass is 410 g/mol. The van der Waals surface area contributed by atoms with E-state index in [0.29, 0.717) is 17.1 Å². The van der Waals surface area contributed by atoms with Crippen LogP contribution in [-0.2, 0) is 12.8 Å². The lowest BCUT2D eigenvalue weighted by atomic mass is 10.1. The number of aromatic nitrogens is 1. The van der Waals surface area contributed by atoms with Crippen molar-refractivity contribution in [1.82, 2.24) is 5.16 Å². The van der Waals surface area contributed by atoms with Gasteiger partial charge >= 0.3 is 6.18 Å². The zero-order chi connectivity index (χ0) is 20.3. The molecule has 1 aromatic heterocycles. The number of hydrogen-bond acceptors (Lipinski definition) is 4. The van der Waals surface area contributed by atoms with Crippen molar-refractivity contribution in [3.8, 4) is 5.75 Å². The van der Waals surface area contributed by atoms with E-state index in [2.05, 4.69) is 10.5 Å². The molecule has 0 unspecified atom stereocenters. The smallest absolute Gasteiger partial charge is 0.417 e. The fraction of sp³-hybridized carbons (Fsp3) is 0.158. The minimum Gasteiger partial charge on any atom is -0.489 e. The lowest BCUT2D eigenvalue weighted by Crippen LogP contribution is -2.16. The Bertz CT molecular complexity index is 988. The van der Waals surface area contributed by atoms with Gasteiger partial charge in [0, 0.05) is 5.69 Å². The Labute approximate surface area is 163 Å². The number of anilines is 1. The van der Waals surface area contributed by atoms with E-state index in [4.69, 9.17) is 20.9 Å². The lowest BCUT2D eigenvalue weighted by Gasteiger charge is -2.11. The molecule has 0 aliphatic heterocycles. The number of hydrogen-bond donors (Lipinski definition) is 1. The fourth-order valence-electron chi connectivity index (χ4n) is 2.42. The van der Waals surface area contributed by atoms with Crippen LogP contribution in [0.4, 0.5) is 18.9 Å². The van der Waals surface area contributed by atoms with Gasteiger partial charge in [-0.15, -0.1) is 0 Å². The van der Waals surface area contributed by atoms with Gasteiger partial charge in [-0.05, 0) is 37.3 Å². The Kier molecular flexibility index (Phi) is 5.60. The van der Waals surface area contributed by atoms with E-state index in [1.165, 1.54) is 6.07 Å². The van der Waals surface area contributed by atoms with E-state index in [9.17, 15) is 18.0 Å². The average molecular weight is 411 g/mol. The van der Waals surface area contributed by atoms with Crippen LogP contribution in [0.2, 0.25) is 5.02 Å². The van der Waals surface area contributed by atoms with Crippen LogP contribution in [0.25, 0.3) is 0 Å². The molecule has 0 aliphatic carbocycles. The third kappa shape index (κ3) is 4.45. The number of carbonyl (C=O) groups is 1. The molecule has 0 fully saturated rings. The summed E-state index contributed by atoms with van der Waals surface area (Å²) in [6, 6.07) is 12.0. The van der Waals surface area contributed by atoms with Crippen LogP contribution in [0.3, 0.4) is 0 Å². The molecule has 0 saturated heterocycles. The molecule has 9 heteroatoms. The molecule has 28 heavy (non-hydrogen) atoms. The van der Waals surface area contributed by atoms with E-state index in [0.717, 1.165) is 12.1 Å². The van der Waals surface area contributed by atoms with Crippen molar-refractivity contribution < 1.29 is 27.2 Å². The highest BCUT2D eigenvalue weighted by Crippen LogP contribution is 2.36. The molecule has 146 valence electrons. The topological polar surface area (TPSA) is 64.4 Å². The summed E-state index contributed by atoms with van der Waals surface area (Å²) in [5, 5.41) is 5.61. The summed E-state index contributed by atoms with van der Waals surface area (Å²) in [5.41, 5.74) is -0.795. The normalized spacial score (nSPS) is 11.3. The van der Waals surface area contributed by atoms with Crippen molar-refractivity contribution in [1.29, 1.82) is 0 Å². The summed E-state index contributed by atoms with van der Waals surface area (Å²) >= 11 is 5.59. The van der Waals surface area contributed by atoms with E-state index in [-0.39, 0.29) is 18.0 Å². The Morgan fingerprint density at radius 3 is 2.61 bits per heavy atom. The summed E-state index contributed by atoms with van der Waals surface area (Å²) in [4.78, 5) is 12.5. The van der Waals surface area contributed by atoms with Gasteiger partial charge in [0.05, 0.1) is 16.1 Å². The summed E-state index contributed by atoms with van der Waals surface area (Å²) in [6.07, 6.45) is -4.64. The second-order valence-electron chi connectivity index (χ2n) is 5.81.